The van der Waals surface area contributed by atoms with Crippen molar-refractivity contribution in [2.75, 3.05) is 5.32 Å². The first-order chi connectivity index (χ1) is 6.75. The van der Waals surface area contributed by atoms with E-state index in [2.05, 4.69) is 15.3 Å². The second-order valence-corrected chi connectivity index (χ2v) is 2.98. The largest absolute Gasteiger partial charge is 0.481 e. The molecule has 72 valence electrons. The van der Waals surface area contributed by atoms with Crippen LogP contribution in [0, 0.1) is 0 Å². The Balaban J connectivity index is 2.17. The topological polar surface area (TPSA) is 74.6 Å². The molecule has 1 aromatic heterocycles. The fraction of sp³-hybridized carbons (Fsp3) is 0.222. The van der Waals surface area contributed by atoms with Gasteiger partial charge in [-0.15, -0.1) is 0 Å². The number of aliphatic imine (C=N–C) groups is 1. The van der Waals surface area contributed by atoms with Crippen molar-refractivity contribution in [3.8, 4) is 0 Å². The number of hydrogen-bond acceptors (Lipinski definition) is 4. The van der Waals surface area contributed by atoms with Crippen molar-refractivity contribution in [3.05, 3.63) is 23.9 Å². The number of hydrogen-bond donors (Lipinski definition) is 2. The monoisotopic (exact) mass is 191 g/mol. The van der Waals surface area contributed by atoms with E-state index in [1.165, 1.54) is 0 Å². The zero-order chi connectivity index (χ0) is 9.97. The summed E-state index contributed by atoms with van der Waals surface area (Å²) in [5, 5.41) is 11.5. The van der Waals surface area contributed by atoms with Crippen molar-refractivity contribution in [3.63, 3.8) is 0 Å². The summed E-state index contributed by atoms with van der Waals surface area (Å²) in [5.74, 6) is -0.187. The maximum absolute atomic E-state index is 10.4. The van der Waals surface area contributed by atoms with Crippen LogP contribution in [0.2, 0.25) is 0 Å². The van der Waals surface area contributed by atoms with Gasteiger partial charge in [-0.1, -0.05) is 0 Å². The predicted molar refractivity (Wildman–Crippen MR) is 51.5 cm³/mol. The minimum Gasteiger partial charge on any atom is -0.481 e. The summed E-state index contributed by atoms with van der Waals surface area (Å²) < 4.78 is 0. The van der Waals surface area contributed by atoms with Crippen LogP contribution in [0.5, 0.6) is 0 Å². The number of nitrogens with one attached hydrogen (secondary N) is 1. The molecule has 5 nitrogen and oxygen atoms in total. The number of carboxylic acid groups (broad SMARTS) is 1. The molecular formula is C9H9N3O2. The van der Waals surface area contributed by atoms with Gasteiger partial charge in [0.05, 0.1) is 6.42 Å². The van der Waals surface area contributed by atoms with Crippen LogP contribution >= 0.6 is 0 Å². The number of carbonyl (C=O) groups is 1. The van der Waals surface area contributed by atoms with Crippen molar-refractivity contribution < 1.29 is 9.90 Å². The molecule has 1 aliphatic heterocycles. The summed E-state index contributed by atoms with van der Waals surface area (Å²) in [7, 11) is 0. The molecule has 0 amide bonds. The lowest BCUT2D eigenvalue weighted by molar-refractivity contribution is -0.137. The van der Waals surface area contributed by atoms with Crippen LogP contribution in [-0.4, -0.2) is 28.4 Å². The summed E-state index contributed by atoms with van der Waals surface area (Å²) in [4.78, 5) is 18.6. The van der Waals surface area contributed by atoms with E-state index in [1.807, 2.05) is 12.1 Å². The second kappa shape index (κ2) is 3.45. The van der Waals surface area contributed by atoms with Gasteiger partial charge in [0.15, 0.2) is 0 Å². The van der Waals surface area contributed by atoms with Gasteiger partial charge >= 0.3 is 5.97 Å². The summed E-state index contributed by atoms with van der Waals surface area (Å²) in [5.41, 5.74) is 0.883. The molecule has 0 fully saturated rings. The molecule has 0 saturated carbocycles. The quantitative estimate of drug-likeness (QED) is 0.722. The van der Waals surface area contributed by atoms with Gasteiger partial charge in [0.2, 0.25) is 0 Å². The average molecular weight is 191 g/mol. The molecule has 2 heterocycles. The molecule has 2 rings (SSSR count). The van der Waals surface area contributed by atoms with E-state index in [1.54, 1.807) is 12.4 Å². The van der Waals surface area contributed by atoms with Gasteiger partial charge in [-0.25, -0.2) is 4.98 Å². The highest BCUT2D eigenvalue weighted by Gasteiger charge is 2.16. The van der Waals surface area contributed by atoms with Crippen molar-refractivity contribution in [2.24, 2.45) is 4.99 Å². The van der Waals surface area contributed by atoms with Gasteiger partial charge in [-0.3, -0.25) is 9.79 Å². The van der Waals surface area contributed by atoms with Crippen LogP contribution in [-0.2, 0) is 4.79 Å². The molecule has 2 N–H and O–H groups in total. The summed E-state index contributed by atoms with van der Waals surface area (Å²) in [6.45, 7) is 0. The Bertz CT molecular complexity index is 389. The van der Waals surface area contributed by atoms with Crippen LogP contribution in [0.3, 0.4) is 0 Å². The summed E-state index contributed by atoms with van der Waals surface area (Å²) >= 11 is 0. The van der Waals surface area contributed by atoms with Crippen LogP contribution in [0.4, 0.5) is 5.82 Å². The zero-order valence-electron chi connectivity index (χ0n) is 7.34. The van der Waals surface area contributed by atoms with Crippen LogP contribution in [0.15, 0.2) is 23.3 Å². The molecule has 5 heteroatoms. The molecule has 1 unspecified atom stereocenters. The first-order valence-corrected chi connectivity index (χ1v) is 4.22. The third kappa shape index (κ3) is 1.71. The Morgan fingerprint density at radius 3 is 3.29 bits per heavy atom. The van der Waals surface area contributed by atoms with Crippen molar-refractivity contribution in [2.45, 2.75) is 12.6 Å². The maximum Gasteiger partial charge on any atom is 0.307 e. The number of aliphatic carboxylic acids is 1. The fourth-order valence-electron chi connectivity index (χ4n) is 1.28. The smallest absolute Gasteiger partial charge is 0.307 e. The summed E-state index contributed by atoms with van der Waals surface area (Å²) in [6.07, 6.45) is 2.86. The Morgan fingerprint density at radius 2 is 2.50 bits per heavy atom. The molecule has 0 spiro atoms. The Labute approximate surface area is 80.5 Å². The third-order valence-corrected chi connectivity index (χ3v) is 1.90. The van der Waals surface area contributed by atoms with Gasteiger partial charge in [0.25, 0.3) is 0 Å². The average Bonchev–Trinajstić information content (AvgIpc) is 2.17. The molecule has 1 atom stereocenters. The van der Waals surface area contributed by atoms with Crippen molar-refractivity contribution >= 4 is 18.0 Å². The lowest BCUT2D eigenvalue weighted by atomic mass is 10.2. The molecule has 0 aromatic carbocycles. The number of pyridine rings is 1. The summed E-state index contributed by atoms with van der Waals surface area (Å²) in [6, 6.07) is 3.68. The van der Waals surface area contributed by atoms with Gasteiger partial charge in [-0.2, -0.15) is 0 Å². The first kappa shape index (κ1) is 8.68. The fourth-order valence-corrected chi connectivity index (χ4v) is 1.28. The van der Waals surface area contributed by atoms with Gasteiger partial charge in [-0.05, 0) is 12.1 Å². The van der Waals surface area contributed by atoms with E-state index < -0.39 is 12.1 Å². The van der Waals surface area contributed by atoms with Crippen molar-refractivity contribution in [1.82, 2.24) is 4.98 Å². The van der Waals surface area contributed by atoms with Crippen LogP contribution in [0.25, 0.3) is 0 Å². The zero-order valence-corrected chi connectivity index (χ0v) is 7.34. The second-order valence-electron chi connectivity index (χ2n) is 2.98. The number of anilines is 1. The molecule has 0 bridgehead atoms. The maximum atomic E-state index is 10.4. The Kier molecular flexibility index (Phi) is 2.14. The highest BCUT2D eigenvalue weighted by Crippen LogP contribution is 2.16. The molecule has 14 heavy (non-hydrogen) atoms. The lowest BCUT2D eigenvalue weighted by Crippen LogP contribution is -2.25. The van der Waals surface area contributed by atoms with E-state index in [0.717, 1.165) is 5.56 Å². The lowest BCUT2D eigenvalue weighted by Gasteiger charge is -2.18. The van der Waals surface area contributed by atoms with Crippen LogP contribution < -0.4 is 5.32 Å². The minimum absolute atomic E-state index is 0.0352. The Morgan fingerprint density at radius 1 is 1.64 bits per heavy atom. The SMILES string of the molecule is O=C(O)CC1N=Cc2cccnc2N1. The normalized spacial score (nSPS) is 18.4. The van der Waals surface area contributed by atoms with E-state index in [4.69, 9.17) is 5.11 Å². The number of rotatable bonds is 2. The van der Waals surface area contributed by atoms with E-state index in [-0.39, 0.29) is 6.42 Å². The number of aromatic nitrogens is 1. The van der Waals surface area contributed by atoms with Crippen LogP contribution in [0.1, 0.15) is 12.0 Å². The molecule has 0 saturated heterocycles. The molecule has 1 aromatic rings. The van der Waals surface area contributed by atoms with E-state index in [0.29, 0.717) is 5.82 Å². The van der Waals surface area contributed by atoms with E-state index in [9.17, 15) is 4.79 Å². The molecule has 0 radical (unpaired) electrons. The standard InChI is InChI=1S/C9H9N3O2/c13-8(14)4-7-11-5-6-2-1-3-10-9(6)12-7/h1-3,5,7H,4H2,(H,10,12)(H,13,14). The predicted octanol–water partition coefficient (Wildman–Crippen LogP) is 0.727. The van der Waals surface area contributed by atoms with E-state index >= 15 is 0 Å². The first-order valence-electron chi connectivity index (χ1n) is 4.22. The molecular weight excluding hydrogens is 182 g/mol. The molecule has 0 aliphatic carbocycles. The minimum atomic E-state index is -0.876. The molecule has 1 aliphatic rings. The van der Waals surface area contributed by atoms with Gasteiger partial charge < -0.3 is 10.4 Å². The Hall–Kier alpha value is -1.91. The van der Waals surface area contributed by atoms with Gasteiger partial charge in [0.1, 0.15) is 12.0 Å². The number of nitrogens with zero attached hydrogens (tertiary/aromatic N) is 2. The van der Waals surface area contributed by atoms with Crippen molar-refractivity contribution in [1.29, 1.82) is 0 Å². The van der Waals surface area contributed by atoms with Gasteiger partial charge in [0, 0.05) is 18.0 Å². The highest BCUT2D eigenvalue weighted by molar-refractivity contribution is 5.88. The third-order valence-electron chi connectivity index (χ3n) is 1.90. The highest BCUT2D eigenvalue weighted by atomic mass is 16.4. The number of carboxylic acids is 1. The number of fused-ring (bicyclic) bond motifs is 1.